The average molecular weight is 237 g/mol. The summed E-state index contributed by atoms with van der Waals surface area (Å²) in [4.78, 5) is 8.28. The fourth-order valence-electron chi connectivity index (χ4n) is 1.33. The molecule has 0 fully saturated rings. The van der Waals surface area contributed by atoms with Gasteiger partial charge in [-0.25, -0.2) is 14.4 Å². The number of hydrogen-bond donors (Lipinski definition) is 0. The number of rotatable bonds is 2. The lowest BCUT2D eigenvalue weighted by Gasteiger charge is -2.03. The Morgan fingerprint density at radius 2 is 1.62 bits per heavy atom. The van der Waals surface area contributed by atoms with E-state index in [-0.39, 0.29) is 11.2 Å². The van der Waals surface area contributed by atoms with Crippen LogP contribution in [0.25, 0.3) is 11.1 Å². The molecule has 0 bridgehead atoms. The van der Waals surface area contributed by atoms with Crippen LogP contribution in [0.3, 0.4) is 0 Å². The fraction of sp³-hybridized carbons (Fsp3) is 0.167. The van der Waals surface area contributed by atoms with Crippen molar-refractivity contribution in [3.8, 4) is 11.1 Å². The van der Waals surface area contributed by atoms with Crippen molar-refractivity contribution in [1.29, 1.82) is 0 Å². The van der Waals surface area contributed by atoms with Crippen molar-refractivity contribution in [2.75, 3.05) is 0 Å². The first kappa shape index (κ1) is 11.0. The number of alkyl halides is 1. The maximum Gasteiger partial charge on any atom is 0.145 e. The molecule has 1 atom stereocenters. The number of aromatic nitrogens is 2. The van der Waals surface area contributed by atoms with Crippen molar-refractivity contribution >= 4 is 11.6 Å². The van der Waals surface area contributed by atoms with E-state index in [1.54, 1.807) is 24.5 Å². The van der Waals surface area contributed by atoms with Crippen molar-refractivity contribution in [2.24, 2.45) is 0 Å². The Morgan fingerprint density at radius 1 is 1.06 bits per heavy atom. The van der Waals surface area contributed by atoms with Crippen molar-refractivity contribution in [1.82, 2.24) is 9.97 Å². The molecular weight excluding hydrogens is 227 g/mol. The predicted octanol–water partition coefficient (Wildman–Crippen LogP) is 3.58. The quantitative estimate of drug-likeness (QED) is 0.745. The summed E-state index contributed by atoms with van der Waals surface area (Å²) in [6.07, 6.45) is 3.38. The standard InChI is InChI=1S/C12H10ClFN2/c1-8(13)12-15-6-10(7-16-12)9-2-4-11(14)5-3-9/h2-8H,1H3. The lowest BCUT2D eigenvalue weighted by atomic mass is 10.1. The third-order valence-corrected chi connectivity index (χ3v) is 2.40. The molecule has 0 aliphatic heterocycles. The van der Waals surface area contributed by atoms with Crippen LogP contribution in [0.1, 0.15) is 18.1 Å². The molecule has 16 heavy (non-hydrogen) atoms. The topological polar surface area (TPSA) is 25.8 Å². The van der Waals surface area contributed by atoms with Gasteiger partial charge in [0.2, 0.25) is 0 Å². The van der Waals surface area contributed by atoms with E-state index in [1.165, 1.54) is 12.1 Å². The highest BCUT2D eigenvalue weighted by Gasteiger charge is 2.05. The first-order chi connectivity index (χ1) is 7.66. The van der Waals surface area contributed by atoms with Crippen molar-refractivity contribution in [2.45, 2.75) is 12.3 Å². The van der Waals surface area contributed by atoms with E-state index in [1.807, 2.05) is 6.92 Å². The fourth-order valence-corrected chi connectivity index (χ4v) is 1.45. The smallest absolute Gasteiger partial charge is 0.145 e. The minimum atomic E-state index is -0.254. The van der Waals surface area contributed by atoms with E-state index in [0.717, 1.165) is 11.1 Å². The molecule has 1 unspecified atom stereocenters. The van der Waals surface area contributed by atoms with Gasteiger partial charge in [-0.2, -0.15) is 0 Å². The van der Waals surface area contributed by atoms with E-state index in [4.69, 9.17) is 11.6 Å². The summed E-state index contributed by atoms with van der Waals surface area (Å²) >= 11 is 5.85. The molecule has 4 heteroatoms. The molecule has 82 valence electrons. The zero-order valence-corrected chi connectivity index (χ0v) is 9.45. The molecule has 2 aromatic rings. The summed E-state index contributed by atoms with van der Waals surface area (Å²) < 4.78 is 12.7. The Labute approximate surface area is 98.1 Å². The van der Waals surface area contributed by atoms with Gasteiger partial charge in [0.25, 0.3) is 0 Å². The van der Waals surface area contributed by atoms with Crippen LogP contribution < -0.4 is 0 Å². The molecular formula is C12H10ClFN2. The minimum Gasteiger partial charge on any atom is -0.239 e. The van der Waals surface area contributed by atoms with Gasteiger partial charge in [0, 0.05) is 18.0 Å². The highest BCUT2D eigenvalue weighted by atomic mass is 35.5. The van der Waals surface area contributed by atoms with Crippen LogP contribution in [0, 0.1) is 5.82 Å². The van der Waals surface area contributed by atoms with Crippen LogP contribution >= 0.6 is 11.6 Å². The van der Waals surface area contributed by atoms with E-state index >= 15 is 0 Å². The Hall–Kier alpha value is -1.48. The molecule has 0 N–H and O–H groups in total. The zero-order valence-electron chi connectivity index (χ0n) is 8.69. The molecule has 0 saturated heterocycles. The molecule has 2 rings (SSSR count). The second-order valence-electron chi connectivity index (χ2n) is 3.45. The second kappa shape index (κ2) is 4.58. The SMILES string of the molecule is CC(Cl)c1ncc(-c2ccc(F)cc2)cn1. The third-order valence-electron chi connectivity index (χ3n) is 2.21. The van der Waals surface area contributed by atoms with E-state index < -0.39 is 0 Å². The molecule has 0 spiro atoms. The average Bonchev–Trinajstić information content (AvgIpc) is 2.30. The molecule has 0 amide bonds. The zero-order chi connectivity index (χ0) is 11.5. The molecule has 0 saturated carbocycles. The van der Waals surface area contributed by atoms with Gasteiger partial charge in [-0.05, 0) is 24.6 Å². The Balaban J connectivity index is 2.31. The summed E-state index contributed by atoms with van der Waals surface area (Å²) in [5.74, 6) is 0.336. The Morgan fingerprint density at radius 3 is 2.12 bits per heavy atom. The lowest BCUT2D eigenvalue weighted by Crippen LogP contribution is -1.94. The monoisotopic (exact) mass is 236 g/mol. The lowest BCUT2D eigenvalue weighted by molar-refractivity contribution is 0.628. The van der Waals surface area contributed by atoms with Gasteiger partial charge in [-0.15, -0.1) is 11.6 Å². The van der Waals surface area contributed by atoms with E-state index in [9.17, 15) is 4.39 Å². The minimum absolute atomic E-state index is 0.206. The Bertz CT molecular complexity index is 465. The molecule has 0 aliphatic carbocycles. The maximum atomic E-state index is 12.7. The normalized spacial score (nSPS) is 12.4. The molecule has 0 radical (unpaired) electrons. The summed E-state index contributed by atoms with van der Waals surface area (Å²) in [6.45, 7) is 1.81. The predicted molar refractivity (Wildman–Crippen MR) is 61.7 cm³/mol. The van der Waals surface area contributed by atoms with Crippen LogP contribution in [-0.2, 0) is 0 Å². The maximum absolute atomic E-state index is 12.7. The van der Waals surface area contributed by atoms with E-state index in [2.05, 4.69) is 9.97 Å². The molecule has 1 aromatic heterocycles. The molecule has 0 aliphatic rings. The van der Waals surface area contributed by atoms with Crippen LogP contribution in [-0.4, -0.2) is 9.97 Å². The van der Waals surface area contributed by atoms with Gasteiger partial charge in [-0.1, -0.05) is 12.1 Å². The largest absolute Gasteiger partial charge is 0.239 e. The Kier molecular flexibility index (Phi) is 3.15. The number of halogens is 2. The number of hydrogen-bond acceptors (Lipinski definition) is 2. The van der Waals surface area contributed by atoms with Crippen LogP contribution in [0.2, 0.25) is 0 Å². The van der Waals surface area contributed by atoms with Crippen molar-refractivity contribution < 1.29 is 4.39 Å². The van der Waals surface area contributed by atoms with Crippen LogP contribution in [0.5, 0.6) is 0 Å². The summed E-state index contributed by atoms with van der Waals surface area (Å²) in [6, 6.07) is 6.20. The summed E-state index contributed by atoms with van der Waals surface area (Å²) in [7, 11) is 0. The van der Waals surface area contributed by atoms with Gasteiger partial charge in [0.15, 0.2) is 0 Å². The van der Waals surface area contributed by atoms with E-state index in [0.29, 0.717) is 5.82 Å². The van der Waals surface area contributed by atoms with Crippen LogP contribution in [0.4, 0.5) is 4.39 Å². The number of benzene rings is 1. The van der Waals surface area contributed by atoms with Crippen molar-refractivity contribution in [3.05, 3.63) is 48.3 Å². The van der Waals surface area contributed by atoms with Gasteiger partial charge in [-0.3, -0.25) is 0 Å². The first-order valence-corrected chi connectivity index (χ1v) is 5.32. The molecule has 1 heterocycles. The highest BCUT2D eigenvalue weighted by molar-refractivity contribution is 6.20. The third kappa shape index (κ3) is 2.36. The molecule has 2 nitrogen and oxygen atoms in total. The van der Waals surface area contributed by atoms with Crippen molar-refractivity contribution in [3.63, 3.8) is 0 Å². The van der Waals surface area contributed by atoms with Gasteiger partial charge >= 0.3 is 0 Å². The number of nitrogens with zero attached hydrogens (tertiary/aromatic N) is 2. The highest BCUT2D eigenvalue weighted by Crippen LogP contribution is 2.20. The molecule has 1 aromatic carbocycles. The first-order valence-electron chi connectivity index (χ1n) is 4.89. The van der Waals surface area contributed by atoms with Gasteiger partial charge < -0.3 is 0 Å². The second-order valence-corrected chi connectivity index (χ2v) is 4.11. The summed E-state index contributed by atoms with van der Waals surface area (Å²) in [5, 5.41) is -0.206. The van der Waals surface area contributed by atoms with Gasteiger partial charge in [0.05, 0.1) is 5.38 Å². The van der Waals surface area contributed by atoms with Gasteiger partial charge in [0.1, 0.15) is 11.6 Å². The summed E-state index contributed by atoms with van der Waals surface area (Å²) in [5.41, 5.74) is 1.73. The van der Waals surface area contributed by atoms with Crippen LogP contribution in [0.15, 0.2) is 36.7 Å².